The van der Waals surface area contributed by atoms with Crippen LogP contribution in [-0.2, 0) is 0 Å². The number of ether oxygens (including phenoxy) is 1. The molecule has 0 saturated heterocycles. The summed E-state index contributed by atoms with van der Waals surface area (Å²) in [6.07, 6.45) is 3.33. The van der Waals surface area contributed by atoms with Gasteiger partial charge in [-0.15, -0.1) is 0 Å². The molecule has 18 heavy (non-hydrogen) atoms. The molecule has 2 N–H and O–H groups in total. The molecule has 90 valence electrons. The van der Waals surface area contributed by atoms with Crippen LogP contribution in [0.5, 0.6) is 5.75 Å². The van der Waals surface area contributed by atoms with Crippen LogP contribution in [0.4, 0.5) is 5.69 Å². The SMILES string of the molecule is COc1ccccc1-c1c(N)cnc2ccnn12. The molecule has 1 aromatic carbocycles. The lowest BCUT2D eigenvalue weighted by Crippen LogP contribution is -2.02. The number of benzene rings is 1. The van der Waals surface area contributed by atoms with Gasteiger partial charge in [0.05, 0.1) is 25.2 Å². The van der Waals surface area contributed by atoms with E-state index >= 15 is 0 Å². The first-order valence-corrected chi connectivity index (χ1v) is 5.53. The minimum Gasteiger partial charge on any atom is -0.496 e. The number of hydrogen-bond acceptors (Lipinski definition) is 4. The molecule has 5 nitrogen and oxygen atoms in total. The third-order valence-electron chi connectivity index (χ3n) is 2.81. The van der Waals surface area contributed by atoms with Crippen molar-refractivity contribution >= 4 is 11.3 Å². The standard InChI is InChI=1S/C13H12N4O/c1-18-11-5-3-2-4-9(11)13-10(14)8-15-12-6-7-16-17(12)13/h2-8H,14H2,1H3. The Bertz CT molecular complexity index is 705. The lowest BCUT2D eigenvalue weighted by atomic mass is 10.1. The molecule has 2 heterocycles. The van der Waals surface area contributed by atoms with E-state index in [9.17, 15) is 0 Å². The van der Waals surface area contributed by atoms with Crippen LogP contribution in [0, 0.1) is 0 Å². The van der Waals surface area contributed by atoms with Crippen LogP contribution in [0.2, 0.25) is 0 Å². The molecule has 0 aliphatic rings. The zero-order chi connectivity index (χ0) is 12.5. The van der Waals surface area contributed by atoms with Gasteiger partial charge in [0.15, 0.2) is 5.65 Å². The second-order valence-electron chi connectivity index (χ2n) is 3.86. The van der Waals surface area contributed by atoms with Gasteiger partial charge in [-0.1, -0.05) is 12.1 Å². The third-order valence-corrected chi connectivity index (χ3v) is 2.81. The quantitative estimate of drug-likeness (QED) is 0.744. The largest absolute Gasteiger partial charge is 0.496 e. The van der Waals surface area contributed by atoms with Crippen LogP contribution in [-0.4, -0.2) is 21.7 Å². The average Bonchev–Trinajstić information content (AvgIpc) is 2.87. The monoisotopic (exact) mass is 240 g/mol. The Kier molecular flexibility index (Phi) is 2.37. The summed E-state index contributed by atoms with van der Waals surface area (Å²) in [6, 6.07) is 9.53. The number of methoxy groups -OCH3 is 1. The van der Waals surface area contributed by atoms with Gasteiger partial charge >= 0.3 is 0 Å². The maximum Gasteiger partial charge on any atom is 0.155 e. The summed E-state index contributed by atoms with van der Waals surface area (Å²) in [4.78, 5) is 4.22. The molecular weight excluding hydrogens is 228 g/mol. The summed E-state index contributed by atoms with van der Waals surface area (Å²) in [5.41, 5.74) is 9.03. The Morgan fingerprint density at radius 2 is 2.06 bits per heavy atom. The molecule has 5 heteroatoms. The van der Waals surface area contributed by atoms with E-state index in [4.69, 9.17) is 10.5 Å². The molecule has 3 aromatic rings. The number of fused-ring (bicyclic) bond motifs is 1. The summed E-state index contributed by atoms with van der Waals surface area (Å²) in [5.74, 6) is 0.757. The molecule has 0 fully saturated rings. The Morgan fingerprint density at radius 1 is 1.22 bits per heavy atom. The first-order chi connectivity index (χ1) is 8.81. The fourth-order valence-electron chi connectivity index (χ4n) is 2.00. The van der Waals surface area contributed by atoms with Crippen LogP contribution in [0.1, 0.15) is 0 Å². The van der Waals surface area contributed by atoms with E-state index in [-0.39, 0.29) is 0 Å². The number of aromatic nitrogens is 3. The van der Waals surface area contributed by atoms with Crippen molar-refractivity contribution in [1.29, 1.82) is 0 Å². The van der Waals surface area contributed by atoms with Crippen LogP contribution >= 0.6 is 0 Å². The summed E-state index contributed by atoms with van der Waals surface area (Å²) < 4.78 is 7.08. The smallest absolute Gasteiger partial charge is 0.155 e. The lowest BCUT2D eigenvalue weighted by Gasteiger charge is -2.11. The van der Waals surface area contributed by atoms with E-state index < -0.39 is 0 Å². The molecule has 0 saturated carbocycles. The van der Waals surface area contributed by atoms with Crippen molar-refractivity contribution < 1.29 is 4.74 Å². The van der Waals surface area contributed by atoms with Crippen LogP contribution < -0.4 is 10.5 Å². The highest BCUT2D eigenvalue weighted by molar-refractivity contribution is 5.78. The predicted molar refractivity (Wildman–Crippen MR) is 69.4 cm³/mol. The van der Waals surface area contributed by atoms with Gasteiger partial charge in [-0.3, -0.25) is 0 Å². The van der Waals surface area contributed by atoms with Crippen LogP contribution in [0.15, 0.2) is 42.7 Å². The Labute approximate surface area is 104 Å². The second-order valence-corrected chi connectivity index (χ2v) is 3.86. The molecular formula is C13H12N4O. The Hall–Kier alpha value is -2.56. The van der Waals surface area contributed by atoms with E-state index in [1.165, 1.54) is 0 Å². The van der Waals surface area contributed by atoms with Gasteiger partial charge in [-0.25, -0.2) is 9.50 Å². The molecule has 0 radical (unpaired) electrons. The Morgan fingerprint density at radius 3 is 2.89 bits per heavy atom. The molecule has 0 spiro atoms. The fraction of sp³-hybridized carbons (Fsp3) is 0.0769. The highest BCUT2D eigenvalue weighted by Gasteiger charge is 2.13. The van der Waals surface area contributed by atoms with Crippen molar-refractivity contribution in [2.75, 3.05) is 12.8 Å². The zero-order valence-electron chi connectivity index (χ0n) is 9.87. The molecule has 0 unspecified atom stereocenters. The van der Waals surface area contributed by atoms with Gasteiger partial charge in [-0.05, 0) is 12.1 Å². The molecule has 2 aromatic heterocycles. The van der Waals surface area contributed by atoms with Gasteiger partial charge in [0.2, 0.25) is 0 Å². The van der Waals surface area contributed by atoms with Gasteiger partial charge in [0.1, 0.15) is 11.4 Å². The highest BCUT2D eigenvalue weighted by atomic mass is 16.5. The maximum atomic E-state index is 6.02. The van der Waals surface area contributed by atoms with E-state index in [0.29, 0.717) is 5.69 Å². The van der Waals surface area contributed by atoms with Crippen molar-refractivity contribution in [2.24, 2.45) is 0 Å². The number of rotatable bonds is 2. The number of nitrogens with two attached hydrogens (primary N) is 1. The molecule has 0 aliphatic heterocycles. The first kappa shape index (κ1) is 10.6. The number of hydrogen-bond donors (Lipinski definition) is 1. The summed E-state index contributed by atoms with van der Waals surface area (Å²) in [7, 11) is 1.64. The molecule has 3 rings (SSSR count). The minimum absolute atomic E-state index is 0.565. The van der Waals surface area contributed by atoms with Crippen LogP contribution in [0.3, 0.4) is 0 Å². The summed E-state index contributed by atoms with van der Waals surface area (Å²) in [6.45, 7) is 0. The number of anilines is 1. The van der Waals surface area contributed by atoms with E-state index in [2.05, 4.69) is 10.1 Å². The minimum atomic E-state index is 0.565. The predicted octanol–water partition coefficient (Wildman–Crippen LogP) is 1.99. The van der Waals surface area contributed by atoms with Crippen molar-refractivity contribution in [3.8, 4) is 17.0 Å². The summed E-state index contributed by atoms with van der Waals surface area (Å²) >= 11 is 0. The highest BCUT2D eigenvalue weighted by Crippen LogP contribution is 2.32. The van der Waals surface area contributed by atoms with Crippen LogP contribution in [0.25, 0.3) is 16.9 Å². The van der Waals surface area contributed by atoms with Gasteiger partial charge in [0, 0.05) is 11.6 Å². The molecule has 0 bridgehead atoms. The van der Waals surface area contributed by atoms with E-state index in [1.807, 2.05) is 30.3 Å². The van der Waals surface area contributed by atoms with Crippen molar-refractivity contribution in [3.05, 3.63) is 42.7 Å². The third kappa shape index (κ3) is 1.48. The lowest BCUT2D eigenvalue weighted by molar-refractivity contribution is 0.416. The average molecular weight is 240 g/mol. The first-order valence-electron chi connectivity index (χ1n) is 5.53. The van der Waals surface area contributed by atoms with Crippen molar-refractivity contribution in [2.45, 2.75) is 0 Å². The maximum absolute atomic E-state index is 6.02. The van der Waals surface area contributed by atoms with Crippen molar-refractivity contribution in [3.63, 3.8) is 0 Å². The van der Waals surface area contributed by atoms with E-state index in [0.717, 1.165) is 22.7 Å². The Balaban J connectivity index is 2.37. The van der Waals surface area contributed by atoms with Gasteiger partial charge in [0.25, 0.3) is 0 Å². The van der Waals surface area contributed by atoms with Gasteiger partial charge < -0.3 is 10.5 Å². The normalized spacial score (nSPS) is 10.7. The van der Waals surface area contributed by atoms with Crippen molar-refractivity contribution in [1.82, 2.24) is 14.6 Å². The topological polar surface area (TPSA) is 65.4 Å². The van der Waals surface area contributed by atoms with E-state index in [1.54, 1.807) is 24.0 Å². The number of nitrogens with zero attached hydrogens (tertiary/aromatic N) is 3. The summed E-state index contributed by atoms with van der Waals surface area (Å²) in [5, 5.41) is 4.25. The van der Waals surface area contributed by atoms with Gasteiger partial charge in [-0.2, -0.15) is 5.10 Å². The number of para-hydroxylation sites is 1. The fourth-order valence-corrected chi connectivity index (χ4v) is 2.00. The number of nitrogen functional groups attached to an aromatic ring is 1. The zero-order valence-corrected chi connectivity index (χ0v) is 9.87. The molecule has 0 atom stereocenters. The second kappa shape index (κ2) is 4.03. The molecule has 0 amide bonds. The molecule has 0 aliphatic carbocycles.